The Morgan fingerprint density at radius 2 is 1.65 bits per heavy atom. The van der Waals surface area contributed by atoms with Gasteiger partial charge in [-0.3, -0.25) is 0 Å². The molecule has 20 heavy (non-hydrogen) atoms. The maximum atomic E-state index is 5.97. The lowest BCUT2D eigenvalue weighted by Crippen LogP contribution is -2.05. The molecule has 1 atom stereocenters. The van der Waals surface area contributed by atoms with E-state index in [-0.39, 0.29) is 0 Å². The van der Waals surface area contributed by atoms with E-state index in [2.05, 4.69) is 37.3 Å². The molecule has 1 nitrogen and oxygen atoms in total. The summed E-state index contributed by atoms with van der Waals surface area (Å²) >= 11 is 5.76. The molecule has 1 unspecified atom stereocenters. The highest BCUT2D eigenvalue weighted by molar-refractivity contribution is 6.17. The smallest absolute Gasteiger partial charge is 0.127 e. The minimum Gasteiger partial charge on any atom is -0.493 e. The Balaban J connectivity index is 2.02. The van der Waals surface area contributed by atoms with Crippen LogP contribution in [-0.4, -0.2) is 12.5 Å². The maximum absolute atomic E-state index is 5.97. The quantitative estimate of drug-likeness (QED) is 0.621. The van der Waals surface area contributed by atoms with Crippen LogP contribution < -0.4 is 4.74 Å². The van der Waals surface area contributed by atoms with Gasteiger partial charge in [0.2, 0.25) is 0 Å². The fourth-order valence-corrected chi connectivity index (χ4v) is 2.52. The van der Waals surface area contributed by atoms with Gasteiger partial charge in [0, 0.05) is 11.4 Å². The monoisotopic (exact) mass is 288 g/mol. The summed E-state index contributed by atoms with van der Waals surface area (Å²) in [5.41, 5.74) is 2.34. The topological polar surface area (TPSA) is 9.23 Å². The van der Waals surface area contributed by atoms with Crippen molar-refractivity contribution in [2.75, 3.05) is 12.5 Å². The number of benzene rings is 2. The first-order valence-corrected chi connectivity index (χ1v) is 7.68. The molecule has 0 heterocycles. The van der Waals surface area contributed by atoms with Gasteiger partial charge in [-0.05, 0) is 30.4 Å². The standard InChI is InChI=1S/C18H21ClO/c1-15(11-13-19)12-14-20-18-10-6-5-9-17(18)16-7-3-2-4-8-16/h2-10,15H,11-14H2,1H3. The van der Waals surface area contributed by atoms with Crippen molar-refractivity contribution in [3.63, 3.8) is 0 Å². The van der Waals surface area contributed by atoms with Crippen LogP contribution in [0.25, 0.3) is 11.1 Å². The number of halogens is 1. The predicted molar refractivity (Wildman–Crippen MR) is 86.5 cm³/mol. The molecule has 0 saturated heterocycles. The van der Waals surface area contributed by atoms with Crippen LogP contribution in [0.5, 0.6) is 5.75 Å². The number of ether oxygens (including phenoxy) is 1. The second kappa shape index (κ2) is 7.96. The minimum atomic E-state index is 0.608. The largest absolute Gasteiger partial charge is 0.493 e. The second-order valence-electron chi connectivity index (χ2n) is 5.08. The van der Waals surface area contributed by atoms with Crippen molar-refractivity contribution in [2.45, 2.75) is 19.8 Å². The van der Waals surface area contributed by atoms with Crippen LogP contribution in [0.3, 0.4) is 0 Å². The molecule has 0 aliphatic carbocycles. The molecule has 0 aliphatic heterocycles. The lowest BCUT2D eigenvalue weighted by Gasteiger charge is -2.14. The molecule has 0 spiro atoms. The van der Waals surface area contributed by atoms with Crippen LogP contribution in [0.1, 0.15) is 19.8 Å². The van der Waals surface area contributed by atoms with Gasteiger partial charge in [0.1, 0.15) is 5.75 Å². The summed E-state index contributed by atoms with van der Waals surface area (Å²) in [6.45, 7) is 2.96. The zero-order valence-corrected chi connectivity index (χ0v) is 12.6. The van der Waals surface area contributed by atoms with Crippen LogP contribution in [0, 0.1) is 5.92 Å². The summed E-state index contributed by atoms with van der Waals surface area (Å²) in [7, 11) is 0. The second-order valence-corrected chi connectivity index (χ2v) is 5.46. The number of alkyl halides is 1. The SMILES string of the molecule is CC(CCCl)CCOc1ccccc1-c1ccccc1. The van der Waals surface area contributed by atoms with E-state index in [9.17, 15) is 0 Å². The van der Waals surface area contributed by atoms with Crippen molar-refractivity contribution in [1.29, 1.82) is 0 Å². The van der Waals surface area contributed by atoms with E-state index in [1.807, 2.05) is 24.3 Å². The first kappa shape index (κ1) is 14.9. The molecule has 2 aromatic carbocycles. The van der Waals surface area contributed by atoms with Crippen molar-refractivity contribution in [3.05, 3.63) is 54.6 Å². The number of rotatable bonds is 7. The van der Waals surface area contributed by atoms with Gasteiger partial charge in [0.25, 0.3) is 0 Å². The fraction of sp³-hybridized carbons (Fsp3) is 0.333. The molecular weight excluding hydrogens is 268 g/mol. The van der Waals surface area contributed by atoms with Crippen molar-refractivity contribution in [2.24, 2.45) is 5.92 Å². The normalized spacial score (nSPS) is 12.1. The molecule has 2 rings (SSSR count). The van der Waals surface area contributed by atoms with E-state index >= 15 is 0 Å². The van der Waals surface area contributed by atoms with E-state index in [1.165, 1.54) is 5.56 Å². The number of hydrogen-bond acceptors (Lipinski definition) is 1. The molecule has 0 saturated carbocycles. The van der Waals surface area contributed by atoms with Gasteiger partial charge >= 0.3 is 0 Å². The average molecular weight is 289 g/mol. The van der Waals surface area contributed by atoms with Gasteiger partial charge in [0.15, 0.2) is 0 Å². The fourth-order valence-electron chi connectivity index (χ4n) is 2.15. The molecular formula is C18H21ClO. The maximum Gasteiger partial charge on any atom is 0.127 e. The summed E-state index contributed by atoms with van der Waals surface area (Å²) in [5, 5.41) is 0. The molecule has 2 aromatic rings. The molecule has 0 bridgehead atoms. The lowest BCUT2D eigenvalue weighted by molar-refractivity contribution is 0.283. The van der Waals surface area contributed by atoms with E-state index in [4.69, 9.17) is 16.3 Å². The third-order valence-electron chi connectivity index (χ3n) is 3.44. The Morgan fingerprint density at radius 3 is 2.40 bits per heavy atom. The first-order valence-electron chi connectivity index (χ1n) is 7.14. The highest BCUT2D eigenvalue weighted by Crippen LogP contribution is 2.29. The van der Waals surface area contributed by atoms with Gasteiger partial charge in [-0.15, -0.1) is 11.6 Å². The zero-order valence-electron chi connectivity index (χ0n) is 11.9. The summed E-state index contributed by atoms with van der Waals surface area (Å²) < 4.78 is 5.97. The summed E-state index contributed by atoms with van der Waals surface area (Å²) in [6, 6.07) is 18.6. The van der Waals surface area contributed by atoms with Gasteiger partial charge in [-0.1, -0.05) is 55.5 Å². The summed E-state index contributed by atoms with van der Waals surface area (Å²) in [5.74, 6) is 2.29. The minimum absolute atomic E-state index is 0.608. The van der Waals surface area contributed by atoms with Gasteiger partial charge < -0.3 is 4.74 Å². The molecule has 0 fully saturated rings. The Labute approximate surface area is 126 Å². The third-order valence-corrected chi connectivity index (χ3v) is 3.66. The number of para-hydroxylation sites is 1. The third kappa shape index (κ3) is 4.28. The van der Waals surface area contributed by atoms with E-state index in [1.54, 1.807) is 0 Å². The summed E-state index contributed by atoms with van der Waals surface area (Å²) in [6.07, 6.45) is 2.08. The Morgan fingerprint density at radius 1 is 0.950 bits per heavy atom. The van der Waals surface area contributed by atoms with Crippen molar-refractivity contribution in [1.82, 2.24) is 0 Å². The van der Waals surface area contributed by atoms with Crippen LogP contribution in [0.4, 0.5) is 0 Å². The molecule has 0 aromatic heterocycles. The van der Waals surface area contributed by atoms with Gasteiger partial charge in [-0.25, -0.2) is 0 Å². The average Bonchev–Trinajstić information content (AvgIpc) is 2.49. The van der Waals surface area contributed by atoms with Crippen molar-refractivity contribution >= 4 is 11.6 Å². The molecule has 0 radical (unpaired) electrons. The van der Waals surface area contributed by atoms with Crippen molar-refractivity contribution < 1.29 is 4.74 Å². The van der Waals surface area contributed by atoms with E-state index in [0.29, 0.717) is 5.92 Å². The Kier molecular flexibility index (Phi) is 5.94. The molecule has 0 aliphatic rings. The van der Waals surface area contributed by atoms with Crippen LogP contribution in [-0.2, 0) is 0 Å². The van der Waals surface area contributed by atoms with E-state index < -0.39 is 0 Å². The first-order chi connectivity index (χ1) is 9.81. The van der Waals surface area contributed by atoms with Gasteiger partial charge in [-0.2, -0.15) is 0 Å². The lowest BCUT2D eigenvalue weighted by atomic mass is 10.0. The van der Waals surface area contributed by atoms with Crippen LogP contribution >= 0.6 is 11.6 Å². The Hall–Kier alpha value is -1.47. The molecule has 2 heteroatoms. The Bertz CT molecular complexity index is 510. The summed E-state index contributed by atoms with van der Waals surface area (Å²) in [4.78, 5) is 0. The van der Waals surface area contributed by atoms with E-state index in [0.717, 1.165) is 36.6 Å². The van der Waals surface area contributed by atoms with Crippen LogP contribution in [0.2, 0.25) is 0 Å². The zero-order chi connectivity index (χ0) is 14.2. The highest BCUT2D eigenvalue weighted by Gasteiger charge is 2.06. The van der Waals surface area contributed by atoms with Crippen LogP contribution in [0.15, 0.2) is 54.6 Å². The molecule has 0 N–H and O–H groups in total. The number of hydrogen-bond donors (Lipinski definition) is 0. The van der Waals surface area contributed by atoms with Gasteiger partial charge in [0.05, 0.1) is 6.61 Å². The molecule has 106 valence electrons. The highest BCUT2D eigenvalue weighted by atomic mass is 35.5. The van der Waals surface area contributed by atoms with Crippen molar-refractivity contribution in [3.8, 4) is 16.9 Å². The predicted octanol–water partition coefficient (Wildman–Crippen LogP) is 5.39. The molecule has 0 amide bonds.